The van der Waals surface area contributed by atoms with Crippen LogP contribution in [0.4, 0.5) is 31.9 Å². The number of nitrogens with zero attached hydrogens (tertiary/aromatic N) is 4. The highest BCUT2D eigenvalue weighted by molar-refractivity contribution is 5.99. The molecule has 0 bridgehead atoms. The number of fused-ring (bicyclic) bond motifs is 1. The van der Waals surface area contributed by atoms with Crippen LogP contribution >= 0.6 is 0 Å². The van der Waals surface area contributed by atoms with E-state index in [1.54, 1.807) is 32.1 Å². The number of nitrogens with one attached hydrogen (secondary N) is 2. The van der Waals surface area contributed by atoms with E-state index in [4.69, 9.17) is 11.5 Å². The van der Waals surface area contributed by atoms with E-state index in [0.29, 0.717) is 28.3 Å². The molecule has 1 aliphatic rings. The molecule has 1 aliphatic carbocycles. The second-order valence-corrected chi connectivity index (χ2v) is 9.12. The number of anilines is 4. The SMILES string of the molecule is C[C@H](N)[C@H](Nc1nc(Nc2cc(F)c3c(c2)c(N(C)C)nn3C)c(C(N)=O)cc1F)C1CCC1. The van der Waals surface area contributed by atoms with Gasteiger partial charge in [0.15, 0.2) is 23.3 Å². The molecule has 1 saturated carbocycles. The summed E-state index contributed by atoms with van der Waals surface area (Å²) in [5, 5.41) is 11.0. The number of rotatable bonds is 8. The Morgan fingerprint density at radius 1 is 1.21 bits per heavy atom. The number of hydrogen-bond donors (Lipinski definition) is 4. The first-order valence-corrected chi connectivity index (χ1v) is 11.2. The van der Waals surface area contributed by atoms with Crippen LogP contribution in [0.25, 0.3) is 10.9 Å². The predicted molar refractivity (Wildman–Crippen MR) is 129 cm³/mol. The van der Waals surface area contributed by atoms with E-state index in [1.807, 2.05) is 6.92 Å². The minimum Gasteiger partial charge on any atom is -0.365 e. The lowest BCUT2D eigenvalue weighted by Gasteiger charge is -2.37. The highest BCUT2D eigenvalue weighted by Crippen LogP contribution is 2.34. The Labute approximate surface area is 196 Å². The molecular formula is C23H30F2N8O. The molecule has 0 aliphatic heterocycles. The van der Waals surface area contributed by atoms with E-state index in [2.05, 4.69) is 20.7 Å². The summed E-state index contributed by atoms with van der Waals surface area (Å²) in [5.41, 5.74) is 12.1. The third-order valence-corrected chi connectivity index (χ3v) is 6.33. The second kappa shape index (κ2) is 9.05. The highest BCUT2D eigenvalue weighted by Gasteiger charge is 2.31. The maximum absolute atomic E-state index is 15.0. The topological polar surface area (TPSA) is 127 Å². The van der Waals surface area contributed by atoms with Crippen molar-refractivity contribution < 1.29 is 13.6 Å². The number of primary amides is 1. The molecule has 2 atom stereocenters. The average Bonchev–Trinajstić information content (AvgIpc) is 3.05. The summed E-state index contributed by atoms with van der Waals surface area (Å²) in [6.07, 6.45) is 3.12. The zero-order valence-electron chi connectivity index (χ0n) is 19.7. The Balaban J connectivity index is 1.74. The van der Waals surface area contributed by atoms with Crippen LogP contribution in [0.15, 0.2) is 18.2 Å². The highest BCUT2D eigenvalue weighted by atomic mass is 19.1. The van der Waals surface area contributed by atoms with Crippen molar-refractivity contribution in [1.29, 1.82) is 0 Å². The monoisotopic (exact) mass is 472 g/mol. The van der Waals surface area contributed by atoms with Gasteiger partial charge in [0.05, 0.1) is 5.56 Å². The Morgan fingerprint density at radius 2 is 1.91 bits per heavy atom. The molecule has 0 radical (unpaired) electrons. The summed E-state index contributed by atoms with van der Waals surface area (Å²) >= 11 is 0. The van der Waals surface area contributed by atoms with Crippen molar-refractivity contribution >= 4 is 40.0 Å². The lowest BCUT2D eigenvalue weighted by Crippen LogP contribution is -2.46. The molecule has 1 aromatic carbocycles. The predicted octanol–water partition coefficient (Wildman–Crippen LogP) is 3.08. The fourth-order valence-corrected chi connectivity index (χ4v) is 4.39. The molecule has 0 saturated heterocycles. The molecule has 4 rings (SSSR count). The van der Waals surface area contributed by atoms with E-state index in [0.717, 1.165) is 25.3 Å². The number of aromatic nitrogens is 3. The molecular weight excluding hydrogens is 442 g/mol. The summed E-state index contributed by atoms with van der Waals surface area (Å²) in [7, 11) is 5.27. The third kappa shape index (κ3) is 4.35. The summed E-state index contributed by atoms with van der Waals surface area (Å²) in [4.78, 5) is 18.1. The fourth-order valence-electron chi connectivity index (χ4n) is 4.39. The largest absolute Gasteiger partial charge is 0.365 e. The van der Waals surface area contributed by atoms with Gasteiger partial charge >= 0.3 is 0 Å². The van der Waals surface area contributed by atoms with Gasteiger partial charge in [-0.25, -0.2) is 13.8 Å². The van der Waals surface area contributed by atoms with Crippen LogP contribution in [-0.2, 0) is 7.05 Å². The van der Waals surface area contributed by atoms with Crippen LogP contribution in [0.1, 0.15) is 36.5 Å². The van der Waals surface area contributed by atoms with E-state index >= 15 is 0 Å². The first-order valence-electron chi connectivity index (χ1n) is 11.2. The summed E-state index contributed by atoms with van der Waals surface area (Å²) < 4.78 is 31.3. The minimum absolute atomic E-state index is 0.0162. The maximum Gasteiger partial charge on any atom is 0.252 e. The van der Waals surface area contributed by atoms with Crippen LogP contribution in [0.5, 0.6) is 0 Å². The quantitative estimate of drug-likeness (QED) is 0.397. The van der Waals surface area contributed by atoms with Crippen molar-refractivity contribution in [3.63, 3.8) is 0 Å². The maximum atomic E-state index is 15.0. The number of benzene rings is 1. The standard InChI is InChI=1S/C23H30F2N8O/c1-11(26)18(12-6-5-7-12)29-22-17(25)10-15(20(27)34)21(30-22)28-13-8-14-19(16(24)9-13)33(4)31-23(14)32(2)3/h8-12,18H,5-7,26H2,1-4H3,(H2,27,34)(H2,28,29,30)/t11-,18-/m0/s1. The first-order chi connectivity index (χ1) is 16.1. The normalized spacial score (nSPS) is 15.6. The van der Waals surface area contributed by atoms with Gasteiger partial charge in [-0.05, 0) is 43.9 Å². The van der Waals surface area contributed by atoms with Crippen molar-refractivity contribution in [3.8, 4) is 0 Å². The summed E-state index contributed by atoms with van der Waals surface area (Å²) in [5.74, 6) is -1.22. The van der Waals surface area contributed by atoms with Crippen molar-refractivity contribution in [1.82, 2.24) is 14.8 Å². The van der Waals surface area contributed by atoms with Gasteiger partial charge in [0.25, 0.3) is 5.91 Å². The summed E-state index contributed by atoms with van der Waals surface area (Å²) in [6.45, 7) is 1.86. The number of halogens is 2. The number of aryl methyl sites for hydroxylation is 1. The van der Waals surface area contributed by atoms with E-state index in [9.17, 15) is 13.6 Å². The molecule has 182 valence electrons. The summed E-state index contributed by atoms with van der Waals surface area (Å²) in [6, 6.07) is 3.59. The lowest BCUT2D eigenvalue weighted by molar-refractivity contribution is 0.100. The van der Waals surface area contributed by atoms with Crippen LogP contribution in [0.3, 0.4) is 0 Å². The number of nitrogens with two attached hydrogens (primary N) is 2. The number of amides is 1. The first kappa shape index (κ1) is 23.7. The molecule has 0 unspecified atom stereocenters. The Bertz CT molecular complexity index is 1240. The van der Waals surface area contributed by atoms with Crippen LogP contribution in [0.2, 0.25) is 0 Å². The Morgan fingerprint density at radius 3 is 2.47 bits per heavy atom. The fraction of sp³-hybridized carbons (Fsp3) is 0.435. The van der Waals surface area contributed by atoms with Crippen molar-refractivity contribution in [3.05, 3.63) is 35.4 Å². The van der Waals surface area contributed by atoms with Gasteiger partial charge in [0.1, 0.15) is 11.3 Å². The van der Waals surface area contributed by atoms with E-state index in [1.165, 1.54) is 10.7 Å². The molecule has 34 heavy (non-hydrogen) atoms. The van der Waals surface area contributed by atoms with Crippen molar-refractivity contribution in [2.75, 3.05) is 29.6 Å². The lowest BCUT2D eigenvalue weighted by atomic mass is 9.77. The Hall–Kier alpha value is -3.47. The Kier molecular flexibility index (Phi) is 6.30. The smallest absolute Gasteiger partial charge is 0.252 e. The van der Waals surface area contributed by atoms with Crippen molar-refractivity contribution in [2.24, 2.45) is 24.4 Å². The average molecular weight is 473 g/mol. The van der Waals surface area contributed by atoms with E-state index < -0.39 is 17.5 Å². The van der Waals surface area contributed by atoms with Gasteiger partial charge in [-0.2, -0.15) is 5.10 Å². The van der Waals surface area contributed by atoms with Gasteiger partial charge in [-0.15, -0.1) is 0 Å². The molecule has 6 N–H and O–H groups in total. The molecule has 2 heterocycles. The third-order valence-electron chi connectivity index (χ3n) is 6.33. The van der Waals surface area contributed by atoms with Crippen LogP contribution < -0.4 is 27.0 Å². The van der Waals surface area contributed by atoms with Gasteiger partial charge in [-0.3, -0.25) is 9.48 Å². The molecule has 1 fully saturated rings. The van der Waals surface area contributed by atoms with Gasteiger partial charge in [-0.1, -0.05) is 6.42 Å². The molecule has 1 amide bonds. The zero-order chi connectivity index (χ0) is 24.7. The molecule has 2 aromatic heterocycles. The zero-order valence-corrected chi connectivity index (χ0v) is 19.7. The molecule has 11 heteroatoms. The second-order valence-electron chi connectivity index (χ2n) is 9.12. The minimum atomic E-state index is -0.861. The van der Waals surface area contributed by atoms with Crippen LogP contribution in [0, 0.1) is 17.6 Å². The van der Waals surface area contributed by atoms with Crippen molar-refractivity contribution in [2.45, 2.75) is 38.3 Å². The molecule has 9 nitrogen and oxygen atoms in total. The van der Waals surface area contributed by atoms with Gasteiger partial charge in [0, 0.05) is 44.3 Å². The number of pyridine rings is 1. The van der Waals surface area contributed by atoms with Gasteiger partial charge in [0.2, 0.25) is 0 Å². The molecule has 0 spiro atoms. The number of carbonyl (C=O) groups is 1. The molecule has 3 aromatic rings. The number of carbonyl (C=O) groups excluding carboxylic acids is 1. The van der Waals surface area contributed by atoms with E-state index in [-0.39, 0.29) is 29.3 Å². The number of hydrogen-bond acceptors (Lipinski definition) is 7. The van der Waals surface area contributed by atoms with Gasteiger partial charge < -0.3 is 27.0 Å². The van der Waals surface area contributed by atoms with Crippen LogP contribution in [-0.4, -0.2) is 46.9 Å².